The molecule has 0 radical (unpaired) electrons. The summed E-state index contributed by atoms with van der Waals surface area (Å²) < 4.78 is 45.2. The molecule has 100 valence electrons. The molecule has 0 bridgehead atoms. The molecule has 1 aliphatic carbocycles. The van der Waals surface area contributed by atoms with Crippen molar-refractivity contribution in [1.82, 2.24) is 0 Å². The van der Waals surface area contributed by atoms with Gasteiger partial charge in [0.05, 0.1) is 7.11 Å². The minimum atomic E-state index is -1.50. The molecule has 0 aromatic heterocycles. The number of rotatable bonds is 3. The molecule has 2 nitrogen and oxygen atoms in total. The molecular formula is C13H16F3NO. The van der Waals surface area contributed by atoms with E-state index >= 15 is 0 Å². The van der Waals surface area contributed by atoms with Crippen LogP contribution in [0.2, 0.25) is 0 Å². The highest BCUT2D eigenvalue weighted by atomic mass is 19.2. The fourth-order valence-electron chi connectivity index (χ4n) is 2.81. The molecule has 1 aromatic rings. The van der Waals surface area contributed by atoms with Gasteiger partial charge in [0.1, 0.15) is 0 Å². The molecule has 18 heavy (non-hydrogen) atoms. The average molecular weight is 259 g/mol. The van der Waals surface area contributed by atoms with Gasteiger partial charge < -0.3 is 10.5 Å². The van der Waals surface area contributed by atoms with Crippen molar-refractivity contribution in [2.75, 3.05) is 13.7 Å². The lowest BCUT2D eigenvalue weighted by Gasteiger charge is -2.29. The van der Waals surface area contributed by atoms with E-state index in [-0.39, 0.29) is 12.3 Å². The SMILES string of the molecule is COc1c(C2(CN)CCCC2)cc(F)c(F)c1F. The van der Waals surface area contributed by atoms with Gasteiger partial charge in [0, 0.05) is 17.5 Å². The summed E-state index contributed by atoms with van der Waals surface area (Å²) in [5.74, 6) is -4.18. The molecule has 0 unspecified atom stereocenters. The summed E-state index contributed by atoms with van der Waals surface area (Å²) in [6, 6.07) is 1.02. The van der Waals surface area contributed by atoms with Gasteiger partial charge in [-0.2, -0.15) is 4.39 Å². The zero-order valence-electron chi connectivity index (χ0n) is 10.2. The Bertz CT molecular complexity index is 456. The Labute approximate surface area is 104 Å². The van der Waals surface area contributed by atoms with Crippen LogP contribution in [0, 0.1) is 17.5 Å². The standard InChI is InChI=1S/C13H16F3NO/c1-18-12-8(6-9(14)10(15)11(12)16)13(7-17)4-2-3-5-13/h6H,2-5,7,17H2,1H3. The van der Waals surface area contributed by atoms with E-state index in [0.29, 0.717) is 5.56 Å². The summed E-state index contributed by atoms with van der Waals surface area (Å²) in [6.45, 7) is 0.272. The van der Waals surface area contributed by atoms with Gasteiger partial charge in [-0.25, -0.2) is 8.78 Å². The predicted molar refractivity (Wildman–Crippen MR) is 62.1 cm³/mol. The maximum Gasteiger partial charge on any atom is 0.203 e. The van der Waals surface area contributed by atoms with Crippen LogP contribution < -0.4 is 10.5 Å². The molecule has 1 saturated carbocycles. The molecule has 2 rings (SSSR count). The highest BCUT2D eigenvalue weighted by molar-refractivity contribution is 5.43. The van der Waals surface area contributed by atoms with Gasteiger partial charge in [0.15, 0.2) is 17.4 Å². The van der Waals surface area contributed by atoms with Crippen LogP contribution in [-0.4, -0.2) is 13.7 Å². The Kier molecular flexibility index (Phi) is 3.52. The molecule has 1 fully saturated rings. The highest BCUT2D eigenvalue weighted by Gasteiger charge is 2.39. The van der Waals surface area contributed by atoms with Crippen LogP contribution >= 0.6 is 0 Å². The fraction of sp³-hybridized carbons (Fsp3) is 0.538. The third kappa shape index (κ3) is 1.86. The average Bonchev–Trinajstić information content (AvgIpc) is 2.85. The first-order valence-electron chi connectivity index (χ1n) is 5.98. The molecular weight excluding hydrogens is 243 g/mol. The van der Waals surface area contributed by atoms with Crippen molar-refractivity contribution in [3.8, 4) is 5.75 Å². The molecule has 0 amide bonds. The maximum atomic E-state index is 13.7. The molecule has 2 N–H and O–H groups in total. The van der Waals surface area contributed by atoms with E-state index in [1.54, 1.807) is 0 Å². The summed E-state index contributed by atoms with van der Waals surface area (Å²) in [6.07, 6.45) is 3.37. The first-order chi connectivity index (χ1) is 8.55. The second-order valence-corrected chi connectivity index (χ2v) is 4.76. The van der Waals surface area contributed by atoms with E-state index in [1.165, 1.54) is 7.11 Å². The summed E-state index contributed by atoms with van der Waals surface area (Å²) in [4.78, 5) is 0. The summed E-state index contributed by atoms with van der Waals surface area (Å²) >= 11 is 0. The third-order valence-corrected chi connectivity index (χ3v) is 3.84. The van der Waals surface area contributed by atoms with Crippen LogP contribution in [0.15, 0.2) is 6.07 Å². The Hall–Kier alpha value is -1.23. The smallest absolute Gasteiger partial charge is 0.203 e. The molecule has 0 spiro atoms. The Morgan fingerprint density at radius 3 is 2.33 bits per heavy atom. The van der Waals surface area contributed by atoms with Crippen LogP contribution in [0.1, 0.15) is 31.2 Å². The van der Waals surface area contributed by atoms with E-state index in [2.05, 4.69) is 0 Å². The van der Waals surface area contributed by atoms with Crippen molar-refractivity contribution in [2.24, 2.45) is 5.73 Å². The topological polar surface area (TPSA) is 35.2 Å². The van der Waals surface area contributed by atoms with Crippen LogP contribution in [-0.2, 0) is 5.41 Å². The lowest BCUT2D eigenvalue weighted by atomic mass is 9.78. The van der Waals surface area contributed by atoms with Gasteiger partial charge in [0.25, 0.3) is 0 Å². The molecule has 0 atom stereocenters. The van der Waals surface area contributed by atoms with E-state index in [0.717, 1.165) is 31.7 Å². The normalized spacial score (nSPS) is 18.1. The number of hydrogen-bond acceptors (Lipinski definition) is 2. The third-order valence-electron chi connectivity index (χ3n) is 3.84. The molecule has 5 heteroatoms. The molecule has 0 aliphatic heterocycles. The second-order valence-electron chi connectivity index (χ2n) is 4.76. The van der Waals surface area contributed by atoms with Crippen LogP contribution in [0.4, 0.5) is 13.2 Å². The first-order valence-corrected chi connectivity index (χ1v) is 5.98. The molecule has 1 aromatic carbocycles. The summed E-state index contributed by atoms with van der Waals surface area (Å²) in [7, 11) is 1.25. The van der Waals surface area contributed by atoms with Gasteiger partial charge in [-0.1, -0.05) is 12.8 Å². The van der Waals surface area contributed by atoms with Gasteiger partial charge in [-0.05, 0) is 18.9 Å². The quantitative estimate of drug-likeness (QED) is 0.847. The summed E-state index contributed by atoms with van der Waals surface area (Å²) in [5, 5.41) is 0. The molecule has 0 saturated heterocycles. The lowest BCUT2D eigenvalue weighted by Crippen LogP contribution is -2.33. The van der Waals surface area contributed by atoms with Crippen LogP contribution in [0.25, 0.3) is 0 Å². The van der Waals surface area contributed by atoms with Crippen molar-refractivity contribution in [2.45, 2.75) is 31.1 Å². The minimum absolute atomic E-state index is 0.221. The Morgan fingerprint density at radius 1 is 1.22 bits per heavy atom. The predicted octanol–water partition coefficient (Wildman–Crippen LogP) is 2.88. The Balaban J connectivity index is 2.62. The zero-order chi connectivity index (χ0) is 13.3. The summed E-state index contributed by atoms with van der Waals surface area (Å²) in [5.41, 5.74) is 5.62. The fourth-order valence-corrected chi connectivity index (χ4v) is 2.81. The van der Waals surface area contributed by atoms with E-state index < -0.39 is 22.9 Å². The van der Waals surface area contributed by atoms with Crippen molar-refractivity contribution < 1.29 is 17.9 Å². The zero-order valence-corrected chi connectivity index (χ0v) is 10.2. The number of benzene rings is 1. The number of nitrogens with two attached hydrogens (primary N) is 1. The number of ether oxygens (including phenoxy) is 1. The maximum absolute atomic E-state index is 13.7. The number of halogens is 3. The van der Waals surface area contributed by atoms with Gasteiger partial charge in [-0.15, -0.1) is 0 Å². The van der Waals surface area contributed by atoms with Crippen molar-refractivity contribution in [3.05, 3.63) is 29.1 Å². The minimum Gasteiger partial charge on any atom is -0.493 e. The Morgan fingerprint density at radius 2 is 1.83 bits per heavy atom. The van der Waals surface area contributed by atoms with E-state index in [4.69, 9.17) is 10.5 Å². The van der Waals surface area contributed by atoms with Gasteiger partial charge >= 0.3 is 0 Å². The second kappa shape index (κ2) is 4.80. The monoisotopic (exact) mass is 259 g/mol. The number of hydrogen-bond donors (Lipinski definition) is 1. The van der Waals surface area contributed by atoms with Gasteiger partial charge in [0.2, 0.25) is 5.82 Å². The van der Waals surface area contributed by atoms with Gasteiger partial charge in [-0.3, -0.25) is 0 Å². The highest BCUT2D eigenvalue weighted by Crippen LogP contribution is 2.45. The molecule has 1 aliphatic rings. The van der Waals surface area contributed by atoms with E-state index in [9.17, 15) is 13.2 Å². The van der Waals surface area contributed by atoms with E-state index in [1.807, 2.05) is 0 Å². The van der Waals surface area contributed by atoms with Crippen molar-refractivity contribution >= 4 is 0 Å². The van der Waals surface area contributed by atoms with Crippen LogP contribution in [0.5, 0.6) is 5.75 Å². The lowest BCUT2D eigenvalue weighted by molar-refractivity contribution is 0.334. The first kappa shape index (κ1) is 13.2. The van der Waals surface area contributed by atoms with Crippen LogP contribution in [0.3, 0.4) is 0 Å². The molecule has 0 heterocycles. The number of methoxy groups -OCH3 is 1. The van der Waals surface area contributed by atoms with Crippen molar-refractivity contribution in [3.63, 3.8) is 0 Å². The largest absolute Gasteiger partial charge is 0.493 e. The van der Waals surface area contributed by atoms with Crippen molar-refractivity contribution in [1.29, 1.82) is 0 Å².